The molecule has 0 saturated carbocycles. The van der Waals surface area contributed by atoms with Gasteiger partial charge in [-0.15, -0.1) is 0 Å². The molecule has 1 fully saturated rings. The van der Waals surface area contributed by atoms with Crippen LogP contribution in [0.3, 0.4) is 0 Å². The summed E-state index contributed by atoms with van der Waals surface area (Å²) in [5.41, 5.74) is 2.42. The number of rotatable bonds is 1. The number of nitrogens with zero attached hydrogens (tertiary/aromatic N) is 2. The summed E-state index contributed by atoms with van der Waals surface area (Å²) in [6.07, 6.45) is 4.94. The van der Waals surface area contributed by atoms with Crippen LogP contribution in [0.2, 0.25) is 5.02 Å². The first-order valence-electron chi connectivity index (χ1n) is 8.17. The molecule has 3 rings (SSSR count). The number of aromatic nitrogens is 1. The topological polar surface area (TPSA) is 16.1 Å². The second-order valence-corrected chi connectivity index (χ2v) is 7.13. The van der Waals surface area contributed by atoms with Gasteiger partial charge >= 0.3 is 0 Å². The van der Waals surface area contributed by atoms with Crippen LogP contribution in [0.1, 0.15) is 25.8 Å². The molecule has 1 aromatic carbocycles. The van der Waals surface area contributed by atoms with E-state index in [4.69, 9.17) is 11.6 Å². The van der Waals surface area contributed by atoms with Gasteiger partial charge in [-0.1, -0.05) is 55.0 Å². The van der Waals surface area contributed by atoms with Gasteiger partial charge in [-0.3, -0.25) is 0 Å². The van der Waals surface area contributed by atoms with Crippen molar-refractivity contribution in [2.45, 2.75) is 20.3 Å². The molecular formula is C21H21ClN2. The fourth-order valence-electron chi connectivity index (χ4n) is 3.03. The maximum absolute atomic E-state index is 6.00. The van der Waals surface area contributed by atoms with Crippen molar-refractivity contribution in [3.63, 3.8) is 0 Å². The van der Waals surface area contributed by atoms with Crippen LogP contribution < -0.4 is 4.90 Å². The molecule has 0 spiro atoms. The van der Waals surface area contributed by atoms with E-state index in [0.717, 1.165) is 35.9 Å². The zero-order valence-electron chi connectivity index (χ0n) is 14.1. The molecule has 2 heterocycles. The second-order valence-electron chi connectivity index (χ2n) is 6.69. The number of halogens is 1. The number of hydrogen-bond donors (Lipinski definition) is 0. The van der Waals surface area contributed by atoms with Crippen molar-refractivity contribution < 1.29 is 0 Å². The molecule has 1 aromatic heterocycles. The molecular weight excluding hydrogens is 316 g/mol. The highest BCUT2D eigenvalue weighted by atomic mass is 35.5. The molecule has 0 atom stereocenters. The minimum atomic E-state index is 0.0821. The van der Waals surface area contributed by atoms with Crippen molar-refractivity contribution in [1.29, 1.82) is 0 Å². The van der Waals surface area contributed by atoms with Crippen molar-refractivity contribution >= 4 is 17.4 Å². The van der Waals surface area contributed by atoms with Crippen molar-refractivity contribution in [3.05, 3.63) is 70.9 Å². The lowest BCUT2D eigenvalue weighted by Gasteiger charge is -2.40. The third-order valence-corrected chi connectivity index (χ3v) is 4.60. The highest BCUT2D eigenvalue weighted by Gasteiger charge is 2.31. The Morgan fingerprint density at radius 1 is 1.21 bits per heavy atom. The Morgan fingerprint density at radius 2 is 2.08 bits per heavy atom. The van der Waals surface area contributed by atoms with E-state index < -0.39 is 0 Å². The molecule has 0 radical (unpaired) electrons. The van der Waals surface area contributed by atoms with Crippen LogP contribution in [0.15, 0.2) is 60.3 Å². The molecule has 3 heteroatoms. The number of benzene rings is 1. The first-order chi connectivity index (χ1) is 11.5. The summed E-state index contributed by atoms with van der Waals surface area (Å²) >= 11 is 6.00. The van der Waals surface area contributed by atoms with E-state index in [1.807, 2.05) is 42.6 Å². The molecule has 2 nitrogen and oxygen atoms in total. The van der Waals surface area contributed by atoms with Gasteiger partial charge in [0, 0.05) is 35.3 Å². The van der Waals surface area contributed by atoms with E-state index >= 15 is 0 Å². The fourth-order valence-corrected chi connectivity index (χ4v) is 3.22. The summed E-state index contributed by atoms with van der Waals surface area (Å²) in [6.45, 7) is 6.48. The van der Waals surface area contributed by atoms with Crippen molar-refractivity contribution in [2.75, 3.05) is 18.0 Å². The Balaban J connectivity index is 1.74. The quantitative estimate of drug-likeness (QED) is 0.685. The van der Waals surface area contributed by atoms with Crippen LogP contribution in [0.25, 0.3) is 0 Å². The predicted molar refractivity (Wildman–Crippen MR) is 101 cm³/mol. The van der Waals surface area contributed by atoms with Crippen molar-refractivity contribution in [1.82, 2.24) is 4.98 Å². The summed E-state index contributed by atoms with van der Waals surface area (Å²) in [7, 11) is 0. The summed E-state index contributed by atoms with van der Waals surface area (Å²) in [5, 5.41) is 0.721. The number of pyridine rings is 1. The van der Waals surface area contributed by atoms with Crippen LogP contribution in [0, 0.1) is 17.3 Å². The van der Waals surface area contributed by atoms with E-state index in [0.29, 0.717) is 0 Å². The van der Waals surface area contributed by atoms with Crippen LogP contribution in [0.4, 0.5) is 5.82 Å². The van der Waals surface area contributed by atoms with Crippen molar-refractivity contribution in [2.24, 2.45) is 5.41 Å². The summed E-state index contributed by atoms with van der Waals surface area (Å²) < 4.78 is 0. The highest BCUT2D eigenvalue weighted by Crippen LogP contribution is 2.35. The maximum Gasteiger partial charge on any atom is 0.128 e. The maximum atomic E-state index is 6.00. The van der Waals surface area contributed by atoms with Crippen molar-refractivity contribution in [3.8, 4) is 11.8 Å². The van der Waals surface area contributed by atoms with E-state index in [1.54, 1.807) is 0 Å². The van der Waals surface area contributed by atoms with Crippen LogP contribution >= 0.6 is 11.6 Å². The molecule has 0 amide bonds. The van der Waals surface area contributed by atoms with Gasteiger partial charge in [-0.2, -0.15) is 0 Å². The Hall–Kier alpha value is -2.24. The van der Waals surface area contributed by atoms with Gasteiger partial charge in [0.15, 0.2) is 0 Å². The fraction of sp³-hybridized carbons (Fsp3) is 0.286. The number of hydrogen-bond acceptors (Lipinski definition) is 2. The standard InChI is InChI=1S/C21H21ClN2/c1-21(2)16-24(20-11-3-4-13-23-20)14-12-18(21)9-5-7-17-8-6-10-19(22)15-17/h3-4,6,8-11,13,15H,12,14,16H2,1-2H3/b18-9+. The van der Waals surface area contributed by atoms with Gasteiger partial charge in [-0.25, -0.2) is 4.98 Å². The molecule has 1 saturated heterocycles. The molecule has 0 unspecified atom stereocenters. The normalized spacial score (nSPS) is 18.1. The summed E-state index contributed by atoms with van der Waals surface area (Å²) in [6, 6.07) is 13.7. The van der Waals surface area contributed by atoms with Gasteiger partial charge in [0.05, 0.1) is 0 Å². The molecule has 1 aliphatic heterocycles. The molecule has 2 aromatic rings. The molecule has 0 aliphatic carbocycles. The van der Waals surface area contributed by atoms with Gasteiger partial charge in [-0.05, 0) is 42.8 Å². The lowest BCUT2D eigenvalue weighted by molar-refractivity contribution is 0.390. The van der Waals surface area contributed by atoms with Gasteiger partial charge in [0.1, 0.15) is 5.82 Å². The third-order valence-electron chi connectivity index (χ3n) is 4.37. The average molecular weight is 337 g/mol. The Kier molecular flexibility index (Phi) is 4.92. The molecule has 24 heavy (non-hydrogen) atoms. The molecule has 1 aliphatic rings. The van der Waals surface area contributed by atoms with Crippen LogP contribution in [0.5, 0.6) is 0 Å². The van der Waals surface area contributed by atoms with E-state index in [-0.39, 0.29) is 5.41 Å². The lowest BCUT2D eigenvalue weighted by atomic mass is 9.78. The van der Waals surface area contributed by atoms with Gasteiger partial charge < -0.3 is 4.90 Å². The SMILES string of the molecule is CC1(C)CN(c2ccccn2)CC/C1=C\C#Cc1cccc(Cl)c1. The number of allylic oxidation sites excluding steroid dienone is 1. The average Bonchev–Trinajstić information content (AvgIpc) is 2.57. The molecule has 122 valence electrons. The van der Waals surface area contributed by atoms with Crippen LogP contribution in [-0.2, 0) is 0 Å². The predicted octanol–water partition coefficient (Wildman–Crippen LogP) is 4.95. The Morgan fingerprint density at radius 3 is 2.79 bits per heavy atom. The first kappa shape index (κ1) is 16.6. The van der Waals surface area contributed by atoms with E-state index in [9.17, 15) is 0 Å². The zero-order chi connectivity index (χ0) is 17.0. The Labute approximate surface area is 149 Å². The van der Waals surface area contributed by atoms with E-state index in [1.165, 1.54) is 5.57 Å². The third kappa shape index (κ3) is 3.99. The lowest BCUT2D eigenvalue weighted by Crippen LogP contribution is -2.42. The number of anilines is 1. The minimum Gasteiger partial charge on any atom is -0.355 e. The van der Waals surface area contributed by atoms with Crippen LogP contribution in [-0.4, -0.2) is 18.1 Å². The largest absolute Gasteiger partial charge is 0.355 e. The first-order valence-corrected chi connectivity index (χ1v) is 8.55. The second kappa shape index (κ2) is 7.11. The molecule has 0 bridgehead atoms. The summed E-state index contributed by atoms with van der Waals surface area (Å²) in [4.78, 5) is 6.82. The smallest absolute Gasteiger partial charge is 0.128 e. The highest BCUT2D eigenvalue weighted by molar-refractivity contribution is 6.30. The Bertz CT molecular complexity index is 797. The zero-order valence-corrected chi connectivity index (χ0v) is 14.8. The number of piperidine rings is 1. The van der Waals surface area contributed by atoms with E-state index in [2.05, 4.69) is 47.7 Å². The van der Waals surface area contributed by atoms with Gasteiger partial charge in [0.2, 0.25) is 0 Å². The summed E-state index contributed by atoms with van der Waals surface area (Å²) in [5.74, 6) is 7.43. The monoisotopic (exact) mass is 336 g/mol. The minimum absolute atomic E-state index is 0.0821. The molecule has 0 N–H and O–H groups in total. The van der Waals surface area contributed by atoms with Gasteiger partial charge in [0.25, 0.3) is 0 Å².